The summed E-state index contributed by atoms with van der Waals surface area (Å²) in [7, 11) is 1.44. The fourth-order valence-corrected chi connectivity index (χ4v) is 2.49. The van der Waals surface area contributed by atoms with Gasteiger partial charge in [0.15, 0.2) is 5.69 Å². The minimum Gasteiger partial charge on any atom is -0.479 e. The third kappa shape index (κ3) is 2.56. The highest BCUT2D eigenvalue weighted by Crippen LogP contribution is 2.23. The number of carbonyl (C=O) groups excluding carboxylic acids is 1. The molecule has 0 aliphatic rings. The number of aromatic nitrogens is 3. The van der Waals surface area contributed by atoms with E-state index < -0.39 is 0 Å². The molecule has 0 aromatic carbocycles. The van der Waals surface area contributed by atoms with Crippen LogP contribution in [0, 0.1) is 0 Å². The van der Waals surface area contributed by atoms with Gasteiger partial charge in [-0.2, -0.15) is 0 Å². The van der Waals surface area contributed by atoms with E-state index in [1.54, 1.807) is 12.3 Å². The van der Waals surface area contributed by atoms with E-state index in [0.717, 1.165) is 4.47 Å². The number of ketones is 1. The van der Waals surface area contributed by atoms with Gasteiger partial charge in [-0.05, 0) is 37.9 Å². The van der Waals surface area contributed by atoms with Gasteiger partial charge in [0.25, 0.3) is 0 Å². The number of hydrogen-bond acceptors (Lipinski definition) is 5. The molecule has 5 nitrogen and oxygen atoms in total. The third-order valence-corrected chi connectivity index (χ3v) is 3.13. The summed E-state index contributed by atoms with van der Waals surface area (Å²) >= 11 is 6.56. The summed E-state index contributed by atoms with van der Waals surface area (Å²) in [6.07, 6.45) is 4.43. The van der Waals surface area contributed by atoms with Crippen LogP contribution in [0.3, 0.4) is 0 Å². The first-order valence-electron chi connectivity index (χ1n) is 4.84. The zero-order valence-electron chi connectivity index (χ0n) is 9.22. The Morgan fingerprint density at radius 2 is 1.89 bits per heavy atom. The van der Waals surface area contributed by atoms with Crippen molar-refractivity contribution < 1.29 is 9.53 Å². The second kappa shape index (κ2) is 5.53. The van der Waals surface area contributed by atoms with Crippen LogP contribution >= 0.6 is 31.9 Å². The molecule has 18 heavy (non-hydrogen) atoms. The Kier molecular flexibility index (Phi) is 4.03. The molecule has 0 amide bonds. The van der Waals surface area contributed by atoms with Gasteiger partial charge < -0.3 is 4.74 Å². The number of ether oxygens (including phenoxy) is 1. The Balaban J connectivity index is 2.48. The maximum Gasteiger partial charge on any atom is 0.243 e. The molecule has 0 radical (unpaired) electrons. The van der Waals surface area contributed by atoms with Crippen molar-refractivity contribution in [3.05, 3.63) is 45.0 Å². The predicted octanol–water partition coefficient (Wildman–Crippen LogP) is 2.64. The van der Waals surface area contributed by atoms with E-state index >= 15 is 0 Å². The highest BCUT2D eigenvalue weighted by molar-refractivity contribution is 9.11. The number of pyridine rings is 1. The predicted molar refractivity (Wildman–Crippen MR) is 71.7 cm³/mol. The number of nitrogens with zero attached hydrogens (tertiary/aromatic N) is 3. The summed E-state index contributed by atoms with van der Waals surface area (Å²) in [5.74, 6) is -0.168. The molecule has 2 aromatic heterocycles. The lowest BCUT2D eigenvalue weighted by Crippen LogP contribution is -2.10. The Labute approximate surface area is 120 Å². The Morgan fingerprint density at radius 1 is 1.17 bits per heavy atom. The quantitative estimate of drug-likeness (QED) is 0.775. The second-order valence-corrected chi connectivity index (χ2v) is 5.00. The average molecular weight is 373 g/mol. The highest BCUT2D eigenvalue weighted by atomic mass is 79.9. The van der Waals surface area contributed by atoms with Gasteiger partial charge in [0.05, 0.1) is 7.11 Å². The normalized spacial score (nSPS) is 10.2. The molecule has 0 N–H and O–H groups in total. The van der Waals surface area contributed by atoms with Crippen LogP contribution in [0.15, 0.2) is 33.6 Å². The maximum absolute atomic E-state index is 12.3. The van der Waals surface area contributed by atoms with Gasteiger partial charge in [-0.25, -0.2) is 9.97 Å². The summed E-state index contributed by atoms with van der Waals surface area (Å²) in [5, 5.41) is 0. The van der Waals surface area contributed by atoms with Crippen LogP contribution in [-0.2, 0) is 0 Å². The summed E-state index contributed by atoms with van der Waals surface area (Å²) in [6.45, 7) is 0. The number of methoxy groups -OCH3 is 1. The minimum atomic E-state index is -0.348. The van der Waals surface area contributed by atoms with Crippen LogP contribution in [0.25, 0.3) is 0 Å². The third-order valence-electron chi connectivity index (χ3n) is 2.10. The number of rotatable bonds is 3. The lowest BCUT2D eigenvalue weighted by atomic mass is 10.2. The van der Waals surface area contributed by atoms with Gasteiger partial charge in [0.2, 0.25) is 11.7 Å². The van der Waals surface area contributed by atoms with E-state index in [0.29, 0.717) is 4.47 Å². The lowest BCUT2D eigenvalue weighted by Gasteiger charge is -2.05. The molecule has 2 rings (SSSR count). The Morgan fingerprint density at radius 3 is 2.56 bits per heavy atom. The molecule has 0 aliphatic carbocycles. The van der Waals surface area contributed by atoms with E-state index in [1.807, 2.05) is 0 Å². The second-order valence-electron chi connectivity index (χ2n) is 3.23. The van der Waals surface area contributed by atoms with Crippen LogP contribution in [-0.4, -0.2) is 27.8 Å². The van der Waals surface area contributed by atoms with Crippen LogP contribution in [0.5, 0.6) is 5.88 Å². The molecule has 0 aliphatic heterocycles. The molecular formula is C11H7Br2N3O2. The van der Waals surface area contributed by atoms with E-state index in [2.05, 4.69) is 46.8 Å². The van der Waals surface area contributed by atoms with Crippen molar-refractivity contribution >= 4 is 37.6 Å². The number of halogens is 2. The SMILES string of the molecule is COc1nccnc1C(=O)c1ncc(Br)cc1Br. The van der Waals surface area contributed by atoms with Crippen molar-refractivity contribution in [1.82, 2.24) is 15.0 Å². The fraction of sp³-hybridized carbons (Fsp3) is 0.0909. The lowest BCUT2D eigenvalue weighted by molar-refractivity contribution is 0.102. The number of carbonyl (C=O) groups is 1. The van der Waals surface area contributed by atoms with Crippen LogP contribution in [0.4, 0.5) is 0 Å². The standard InChI is InChI=1S/C11H7Br2N3O2/c1-18-11-9(14-2-3-15-11)10(17)8-7(13)4-6(12)5-16-8/h2-5H,1H3. The van der Waals surface area contributed by atoms with E-state index in [1.165, 1.54) is 19.5 Å². The molecule has 0 atom stereocenters. The first-order valence-corrected chi connectivity index (χ1v) is 6.43. The summed E-state index contributed by atoms with van der Waals surface area (Å²) in [4.78, 5) is 24.2. The van der Waals surface area contributed by atoms with Crippen molar-refractivity contribution in [2.75, 3.05) is 7.11 Å². The Hall–Kier alpha value is -1.34. The molecule has 0 unspecified atom stereocenters. The van der Waals surface area contributed by atoms with Crippen molar-refractivity contribution in [2.24, 2.45) is 0 Å². The van der Waals surface area contributed by atoms with Crippen molar-refractivity contribution in [3.8, 4) is 5.88 Å². The number of hydrogen-bond donors (Lipinski definition) is 0. The molecular weight excluding hydrogens is 366 g/mol. The van der Waals surface area contributed by atoms with Gasteiger partial charge in [0, 0.05) is 27.5 Å². The average Bonchev–Trinajstić information content (AvgIpc) is 2.38. The van der Waals surface area contributed by atoms with Crippen molar-refractivity contribution in [1.29, 1.82) is 0 Å². The van der Waals surface area contributed by atoms with Crippen molar-refractivity contribution in [3.63, 3.8) is 0 Å². The molecule has 2 heterocycles. The van der Waals surface area contributed by atoms with E-state index in [9.17, 15) is 4.79 Å². The first kappa shape index (κ1) is 13.1. The molecule has 92 valence electrons. The smallest absolute Gasteiger partial charge is 0.243 e. The molecule has 0 fully saturated rings. The Bertz CT molecular complexity index is 605. The zero-order chi connectivity index (χ0) is 13.1. The summed E-state index contributed by atoms with van der Waals surface area (Å²) in [5.41, 5.74) is 0.396. The zero-order valence-corrected chi connectivity index (χ0v) is 12.4. The largest absolute Gasteiger partial charge is 0.479 e. The topological polar surface area (TPSA) is 65.0 Å². The maximum atomic E-state index is 12.3. The summed E-state index contributed by atoms with van der Waals surface area (Å²) in [6, 6.07) is 1.74. The molecule has 0 spiro atoms. The molecule has 0 saturated heterocycles. The van der Waals surface area contributed by atoms with Gasteiger partial charge >= 0.3 is 0 Å². The minimum absolute atomic E-state index is 0.135. The monoisotopic (exact) mass is 371 g/mol. The first-order chi connectivity index (χ1) is 8.63. The molecule has 0 saturated carbocycles. The highest BCUT2D eigenvalue weighted by Gasteiger charge is 2.20. The van der Waals surface area contributed by atoms with E-state index in [4.69, 9.17) is 4.74 Å². The van der Waals surface area contributed by atoms with Gasteiger partial charge in [-0.15, -0.1) is 0 Å². The van der Waals surface area contributed by atoms with Crippen LogP contribution in [0.1, 0.15) is 16.2 Å². The molecule has 0 bridgehead atoms. The molecule has 7 heteroatoms. The summed E-state index contributed by atoms with van der Waals surface area (Å²) < 4.78 is 6.36. The van der Waals surface area contributed by atoms with Gasteiger partial charge in [0.1, 0.15) is 5.69 Å². The fourth-order valence-electron chi connectivity index (χ4n) is 1.32. The molecule has 2 aromatic rings. The van der Waals surface area contributed by atoms with Gasteiger partial charge in [-0.1, -0.05) is 0 Å². The van der Waals surface area contributed by atoms with Crippen LogP contribution < -0.4 is 4.74 Å². The van der Waals surface area contributed by atoms with Crippen molar-refractivity contribution in [2.45, 2.75) is 0 Å². The van der Waals surface area contributed by atoms with Crippen LogP contribution in [0.2, 0.25) is 0 Å². The van der Waals surface area contributed by atoms with E-state index in [-0.39, 0.29) is 23.1 Å². The van der Waals surface area contributed by atoms with Gasteiger partial charge in [-0.3, -0.25) is 9.78 Å².